The second-order valence-corrected chi connectivity index (χ2v) is 11.5. The van der Waals surface area contributed by atoms with Gasteiger partial charge in [-0.3, -0.25) is 9.59 Å². The molecule has 40 heavy (non-hydrogen) atoms. The molecule has 1 saturated heterocycles. The lowest BCUT2D eigenvalue weighted by Crippen LogP contribution is -2.37. The van der Waals surface area contributed by atoms with E-state index in [9.17, 15) is 14.7 Å². The van der Waals surface area contributed by atoms with Crippen LogP contribution in [0, 0.1) is 11.8 Å². The molecule has 4 rings (SSSR count). The van der Waals surface area contributed by atoms with Crippen LogP contribution in [0.2, 0.25) is 0 Å². The van der Waals surface area contributed by atoms with Crippen LogP contribution in [-0.4, -0.2) is 62.3 Å². The third-order valence-electron chi connectivity index (χ3n) is 8.44. The molecule has 2 aliphatic rings. The van der Waals surface area contributed by atoms with Crippen LogP contribution in [-0.2, 0) is 4.79 Å². The van der Waals surface area contributed by atoms with Crippen LogP contribution in [0.3, 0.4) is 0 Å². The maximum atomic E-state index is 13.4. The van der Waals surface area contributed by atoms with E-state index in [1.807, 2.05) is 54.4 Å². The molecule has 2 aromatic rings. The number of aliphatic carboxylic acids is 1. The quantitative estimate of drug-likeness (QED) is 0.251. The highest BCUT2D eigenvalue weighted by molar-refractivity contribution is 6.00. The number of rotatable bonds is 15. The van der Waals surface area contributed by atoms with E-state index in [0.29, 0.717) is 18.4 Å². The highest BCUT2D eigenvalue weighted by Gasteiger charge is 2.34. The highest BCUT2D eigenvalue weighted by atomic mass is 16.5. The summed E-state index contributed by atoms with van der Waals surface area (Å²) < 4.78 is 11.7. The van der Waals surface area contributed by atoms with Crippen LogP contribution in [0.5, 0.6) is 11.5 Å². The maximum absolute atomic E-state index is 13.4. The van der Waals surface area contributed by atoms with Gasteiger partial charge >= 0.3 is 5.97 Å². The number of carboxylic acid groups (broad SMARTS) is 1. The Balaban J connectivity index is 1.34. The van der Waals surface area contributed by atoms with E-state index in [2.05, 4.69) is 11.8 Å². The van der Waals surface area contributed by atoms with E-state index in [1.165, 1.54) is 12.8 Å². The molecular weight excluding hydrogens is 504 g/mol. The number of carbonyl (C=O) groups is 2. The lowest BCUT2D eigenvalue weighted by Gasteiger charge is -2.35. The van der Waals surface area contributed by atoms with Crippen LogP contribution in [0.1, 0.15) is 86.6 Å². The van der Waals surface area contributed by atoms with Gasteiger partial charge in [-0.2, -0.15) is 0 Å². The van der Waals surface area contributed by atoms with Gasteiger partial charge in [0.25, 0.3) is 5.91 Å². The van der Waals surface area contributed by atoms with Crippen molar-refractivity contribution in [3.63, 3.8) is 0 Å². The van der Waals surface area contributed by atoms with Gasteiger partial charge in [0, 0.05) is 32.7 Å². The molecule has 0 aromatic heterocycles. The van der Waals surface area contributed by atoms with Gasteiger partial charge in [0.15, 0.2) is 0 Å². The van der Waals surface area contributed by atoms with Gasteiger partial charge in [0.1, 0.15) is 11.5 Å². The molecule has 7 nitrogen and oxygen atoms in total. The minimum atomic E-state index is -0.741. The molecule has 1 N–H and O–H groups in total. The van der Waals surface area contributed by atoms with Crippen LogP contribution in [0.15, 0.2) is 42.5 Å². The van der Waals surface area contributed by atoms with Gasteiger partial charge in [0.2, 0.25) is 0 Å². The topological polar surface area (TPSA) is 79.3 Å². The Morgan fingerprint density at radius 2 is 1.80 bits per heavy atom. The third-order valence-corrected chi connectivity index (χ3v) is 8.44. The molecule has 0 spiro atoms. The summed E-state index contributed by atoms with van der Waals surface area (Å²) in [4.78, 5) is 28.9. The standard InChI is InChI=1S/C33H46N2O5/c1-4-5-6-7-17-34(2)33(38)29-14-13-27(39-3)21-31(29)35-18-15-24(16-19-35)23-40-28-10-8-9-26(20-28)30(22-32(36)37)25-11-12-25/h8-10,13-14,20-21,24-25,30H,4-7,11-12,15-19,22-23H2,1-3H3,(H,36,37). The van der Waals surface area contributed by atoms with Crippen molar-refractivity contribution in [2.24, 2.45) is 11.8 Å². The smallest absolute Gasteiger partial charge is 0.303 e. The predicted octanol–water partition coefficient (Wildman–Crippen LogP) is 6.61. The first-order valence-electron chi connectivity index (χ1n) is 15.0. The summed E-state index contributed by atoms with van der Waals surface area (Å²) in [5, 5.41) is 9.36. The number of piperidine rings is 1. The fourth-order valence-electron chi connectivity index (χ4n) is 5.80. The van der Waals surface area contributed by atoms with E-state index in [0.717, 1.165) is 86.5 Å². The second kappa shape index (κ2) is 14.4. The molecule has 218 valence electrons. The Hall–Kier alpha value is -3.22. The van der Waals surface area contributed by atoms with Gasteiger partial charge in [-0.1, -0.05) is 38.3 Å². The molecule has 1 heterocycles. The number of carbonyl (C=O) groups excluding carboxylic acids is 1. The van der Waals surface area contributed by atoms with Crippen LogP contribution in [0.4, 0.5) is 5.69 Å². The van der Waals surface area contributed by atoms with Crippen molar-refractivity contribution in [1.82, 2.24) is 4.90 Å². The van der Waals surface area contributed by atoms with Crippen molar-refractivity contribution in [3.8, 4) is 11.5 Å². The first-order chi connectivity index (χ1) is 19.4. The number of hydrogen-bond acceptors (Lipinski definition) is 5. The number of amides is 1. The first-order valence-corrected chi connectivity index (χ1v) is 15.0. The van der Waals surface area contributed by atoms with Crippen molar-refractivity contribution in [3.05, 3.63) is 53.6 Å². The zero-order chi connectivity index (χ0) is 28.5. The van der Waals surface area contributed by atoms with Crippen molar-refractivity contribution in [2.75, 3.05) is 45.3 Å². The summed E-state index contributed by atoms with van der Waals surface area (Å²) >= 11 is 0. The van der Waals surface area contributed by atoms with E-state index < -0.39 is 5.97 Å². The Kier molecular flexibility index (Phi) is 10.7. The van der Waals surface area contributed by atoms with Crippen molar-refractivity contribution in [1.29, 1.82) is 0 Å². The van der Waals surface area contributed by atoms with Crippen LogP contribution < -0.4 is 14.4 Å². The summed E-state index contributed by atoms with van der Waals surface area (Å²) in [6.07, 6.45) is 8.89. The van der Waals surface area contributed by atoms with Crippen LogP contribution >= 0.6 is 0 Å². The lowest BCUT2D eigenvalue weighted by molar-refractivity contribution is -0.137. The average Bonchev–Trinajstić information content (AvgIpc) is 3.82. The van der Waals surface area contributed by atoms with E-state index in [1.54, 1.807) is 7.11 Å². The molecule has 0 radical (unpaired) electrons. The first kappa shape index (κ1) is 29.8. The van der Waals surface area contributed by atoms with Gasteiger partial charge in [-0.25, -0.2) is 0 Å². The van der Waals surface area contributed by atoms with E-state index in [-0.39, 0.29) is 18.2 Å². The van der Waals surface area contributed by atoms with Gasteiger partial charge in [-0.15, -0.1) is 0 Å². The maximum Gasteiger partial charge on any atom is 0.303 e. The normalized spacial score (nSPS) is 16.4. The molecule has 1 aliphatic heterocycles. The number of methoxy groups -OCH3 is 1. The van der Waals surface area contributed by atoms with Crippen molar-refractivity contribution in [2.45, 2.75) is 70.6 Å². The Morgan fingerprint density at radius 1 is 1.02 bits per heavy atom. The molecule has 2 fully saturated rings. The number of benzene rings is 2. The molecule has 1 atom stereocenters. The molecule has 1 unspecified atom stereocenters. The number of anilines is 1. The lowest BCUT2D eigenvalue weighted by atomic mass is 9.91. The summed E-state index contributed by atoms with van der Waals surface area (Å²) in [5.74, 6) is 1.86. The second-order valence-electron chi connectivity index (χ2n) is 11.5. The minimum Gasteiger partial charge on any atom is -0.497 e. The fourth-order valence-corrected chi connectivity index (χ4v) is 5.80. The van der Waals surface area contributed by atoms with E-state index >= 15 is 0 Å². The SMILES string of the molecule is CCCCCCN(C)C(=O)c1ccc(OC)cc1N1CCC(COc2cccc(C(CC(=O)O)C3CC3)c2)CC1. The van der Waals surface area contributed by atoms with Gasteiger partial charge in [0.05, 0.1) is 31.4 Å². The largest absolute Gasteiger partial charge is 0.497 e. The van der Waals surface area contributed by atoms with Crippen molar-refractivity contribution >= 4 is 17.6 Å². The summed E-state index contributed by atoms with van der Waals surface area (Å²) in [6.45, 7) is 5.30. The molecule has 1 saturated carbocycles. The Labute approximate surface area is 239 Å². The zero-order valence-corrected chi connectivity index (χ0v) is 24.4. The number of ether oxygens (including phenoxy) is 2. The van der Waals surface area contributed by atoms with Crippen LogP contribution in [0.25, 0.3) is 0 Å². The monoisotopic (exact) mass is 550 g/mol. The minimum absolute atomic E-state index is 0.0619. The van der Waals surface area contributed by atoms with E-state index in [4.69, 9.17) is 9.47 Å². The summed E-state index contributed by atoms with van der Waals surface area (Å²) in [7, 11) is 3.56. The molecule has 1 aliphatic carbocycles. The summed E-state index contributed by atoms with van der Waals surface area (Å²) in [6, 6.07) is 13.8. The highest BCUT2D eigenvalue weighted by Crippen LogP contribution is 2.45. The van der Waals surface area contributed by atoms with Crippen molar-refractivity contribution < 1.29 is 24.2 Å². The predicted molar refractivity (Wildman–Crippen MR) is 159 cm³/mol. The number of hydrogen-bond donors (Lipinski definition) is 1. The average molecular weight is 551 g/mol. The number of nitrogens with zero attached hydrogens (tertiary/aromatic N) is 2. The fraction of sp³-hybridized carbons (Fsp3) is 0.576. The van der Waals surface area contributed by atoms with Gasteiger partial charge < -0.3 is 24.4 Å². The molecule has 2 aromatic carbocycles. The zero-order valence-electron chi connectivity index (χ0n) is 24.4. The number of carboxylic acids is 1. The van der Waals surface area contributed by atoms with Gasteiger partial charge in [-0.05, 0) is 79.7 Å². The number of unbranched alkanes of at least 4 members (excludes halogenated alkanes) is 3. The summed E-state index contributed by atoms with van der Waals surface area (Å²) in [5.41, 5.74) is 2.75. The molecule has 7 heteroatoms. The molecule has 0 bridgehead atoms. The Bertz CT molecular complexity index is 1120. The Morgan fingerprint density at radius 3 is 2.48 bits per heavy atom. The third kappa shape index (κ3) is 8.15. The molecule has 1 amide bonds. The molecular formula is C33H46N2O5.